The van der Waals surface area contributed by atoms with Gasteiger partial charge in [0.1, 0.15) is 0 Å². The van der Waals surface area contributed by atoms with Crippen LogP contribution >= 0.6 is 0 Å². The first-order valence-electron chi connectivity index (χ1n) is 6.92. The van der Waals surface area contributed by atoms with Gasteiger partial charge in [-0.15, -0.1) is 0 Å². The van der Waals surface area contributed by atoms with Gasteiger partial charge in [0, 0.05) is 23.3 Å². The quantitative estimate of drug-likeness (QED) is 0.745. The molecule has 3 rings (SSSR count). The maximum Gasteiger partial charge on any atom is 0.182 e. The zero-order valence-corrected chi connectivity index (χ0v) is 11.6. The van der Waals surface area contributed by atoms with Crippen LogP contribution in [-0.2, 0) is 6.42 Å². The third-order valence-electron chi connectivity index (χ3n) is 3.57. The first-order valence-corrected chi connectivity index (χ1v) is 6.92. The van der Waals surface area contributed by atoms with E-state index >= 15 is 0 Å². The minimum absolute atomic E-state index is 0.0665. The maximum absolute atomic E-state index is 12.6. The molecular formula is C18H16N2O. The van der Waals surface area contributed by atoms with Crippen molar-refractivity contribution in [3.05, 3.63) is 78.1 Å². The Labute approximate surface area is 123 Å². The Bertz CT molecular complexity index is 763. The van der Waals surface area contributed by atoms with E-state index in [4.69, 9.17) is 5.73 Å². The Morgan fingerprint density at radius 2 is 1.71 bits per heavy atom. The summed E-state index contributed by atoms with van der Waals surface area (Å²) in [5.74, 6) is -0.0665. The van der Waals surface area contributed by atoms with Crippen molar-refractivity contribution in [1.82, 2.24) is 4.98 Å². The molecule has 0 radical (unpaired) electrons. The van der Waals surface area contributed by atoms with Crippen molar-refractivity contribution < 1.29 is 4.79 Å². The summed E-state index contributed by atoms with van der Waals surface area (Å²) in [5.41, 5.74) is 7.75. The van der Waals surface area contributed by atoms with E-state index in [1.54, 1.807) is 12.4 Å². The predicted octanol–water partition coefficient (Wildman–Crippen LogP) is 2.99. The minimum Gasteiger partial charge on any atom is -0.321 e. The van der Waals surface area contributed by atoms with Crippen molar-refractivity contribution in [2.45, 2.75) is 12.5 Å². The first-order chi connectivity index (χ1) is 10.3. The highest BCUT2D eigenvalue weighted by atomic mass is 16.1. The van der Waals surface area contributed by atoms with Crippen LogP contribution in [0, 0.1) is 0 Å². The number of Topliss-reactive ketones (excluding diaryl/α,β-unsaturated/α-hetero) is 1. The molecule has 0 fully saturated rings. The van der Waals surface area contributed by atoms with Crippen LogP contribution in [0.4, 0.5) is 0 Å². The lowest BCUT2D eigenvalue weighted by molar-refractivity contribution is 0.0962. The lowest BCUT2D eigenvalue weighted by atomic mass is 9.96. The van der Waals surface area contributed by atoms with Gasteiger partial charge in [0.2, 0.25) is 0 Å². The molecule has 0 aliphatic carbocycles. The number of fused-ring (bicyclic) bond motifs is 1. The average molecular weight is 276 g/mol. The van der Waals surface area contributed by atoms with Crippen LogP contribution in [0.15, 0.2) is 67.0 Å². The molecule has 0 saturated heterocycles. The van der Waals surface area contributed by atoms with Crippen molar-refractivity contribution in [3.63, 3.8) is 0 Å². The first kappa shape index (κ1) is 13.5. The molecule has 3 aromatic rings. The second-order valence-corrected chi connectivity index (χ2v) is 5.07. The lowest BCUT2D eigenvalue weighted by Gasteiger charge is -2.12. The summed E-state index contributed by atoms with van der Waals surface area (Å²) in [7, 11) is 0. The summed E-state index contributed by atoms with van der Waals surface area (Å²) in [6.07, 6.45) is 3.90. The number of hydrogen-bond donors (Lipinski definition) is 1. The molecule has 0 amide bonds. The standard InChI is InChI=1S/C18H16N2O/c19-17(10-13-6-2-1-3-7-13)18(21)16-12-20-11-14-8-4-5-9-15(14)16/h1-9,11-12,17H,10,19H2. The molecule has 2 aromatic carbocycles. The van der Waals surface area contributed by atoms with Gasteiger partial charge in [-0.05, 0) is 17.4 Å². The van der Waals surface area contributed by atoms with Crippen LogP contribution in [0.1, 0.15) is 15.9 Å². The van der Waals surface area contributed by atoms with E-state index in [1.807, 2.05) is 54.6 Å². The summed E-state index contributed by atoms with van der Waals surface area (Å²) in [4.78, 5) is 16.7. The molecular weight excluding hydrogens is 260 g/mol. The molecule has 104 valence electrons. The maximum atomic E-state index is 12.6. The van der Waals surface area contributed by atoms with Gasteiger partial charge < -0.3 is 5.73 Å². The van der Waals surface area contributed by atoms with Crippen molar-refractivity contribution in [3.8, 4) is 0 Å². The smallest absolute Gasteiger partial charge is 0.182 e. The van der Waals surface area contributed by atoms with E-state index in [0.717, 1.165) is 16.3 Å². The third kappa shape index (κ3) is 2.83. The highest BCUT2D eigenvalue weighted by Crippen LogP contribution is 2.19. The van der Waals surface area contributed by atoms with E-state index in [1.165, 1.54) is 0 Å². The van der Waals surface area contributed by atoms with Crippen LogP contribution in [-0.4, -0.2) is 16.8 Å². The number of hydrogen-bond acceptors (Lipinski definition) is 3. The Balaban J connectivity index is 1.90. The van der Waals surface area contributed by atoms with Gasteiger partial charge in [-0.25, -0.2) is 0 Å². The number of aromatic nitrogens is 1. The fraction of sp³-hybridized carbons (Fsp3) is 0.111. The molecule has 0 aliphatic heterocycles. The van der Waals surface area contributed by atoms with Crippen molar-refractivity contribution in [2.75, 3.05) is 0 Å². The summed E-state index contributed by atoms with van der Waals surface area (Å²) in [5, 5.41) is 1.86. The fourth-order valence-electron chi connectivity index (χ4n) is 2.47. The van der Waals surface area contributed by atoms with Gasteiger partial charge >= 0.3 is 0 Å². The number of carbonyl (C=O) groups excluding carboxylic acids is 1. The second kappa shape index (κ2) is 5.85. The van der Waals surface area contributed by atoms with E-state index in [2.05, 4.69) is 4.98 Å². The van der Waals surface area contributed by atoms with E-state index in [0.29, 0.717) is 12.0 Å². The Hall–Kier alpha value is -2.52. The summed E-state index contributed by atoms with van der Waals surface area (Å²) >= 11 is 0. The van der Waals surface area contributed by atoms with Gasteiger partial charge in [-0.2, -0.15) is 0 Å². The molecule has 1 heterocycles. The average Bonchev–Trinajstić information content (AvgIpc) is 2.54. The zero-order valence-electron chi connectivity index (χ0n) is 11.6. The normalized spacial score (nSPS) is 12.2. The Morgan fingerprint density at radius 1 is 1.00 bits per heavy atom. The monoisotopic (exact) mass is 276 g/mol. The van der Waals surface area contributed by atoms with Crippen LogP contribution in [0.2, 0.25) is 0 Å². The number of pyridine rings is 1. The number of rotatable bonds is 4. The summed E-state index contributed by atoms with van der Waals surface area (Å²) in [6, 6.07) is 17.0. The molecule has 3 nitrogen and oxygen atoms in total. The molecule has 0 saturated carbocycles. The molecule has 1 unspecified atom stereocenters. The van der Waals surface area contributed by atoms with Crippen LogP contribution in [0.3, 0.4) is 0 Å². The SMILES string of the molecule is NC(Cc1ccccc1)C(=O)c1cncc2ccccc12. The fourth-order valence-corrected chi connectivity index (χ4v) is 2.47. The molecule has 0 aliphatic rings. The van der Waals surface area contributed by atoms with Gasteiger partial charge in [-0.1, -0.05) is 54.6 Å². The van der Waals surface area contributed by atoms with E-state index in [-0.39, 0.29) is 5.78 Å². The largest absolute Gasteiger partial charge is 0.321 e. The summed E-state index contributed by atoms with van der Waals surface area (Å²) in [6.45, 7) is 0. The van der Waals surface area contributed by atoms with Crippen molar-refractivity contribution in [2.24, 2.45) is 5.73 Å². The van der Waals surface area contributed by atoms with Gasteiger partial charge in [0.15, 0.2) is 5.78 Å². The third-order valence-corrected chi connectivity index (χ3v) is 3.57. The summed E-state index contributed by atoms with van der Waals surface area (Å²) < 4.78 is 0. The van der Waals surface area contributed by atoms with Gasteiger partial charge in [0.05, 0.1) is 6.04 Å². The highest BCUT2D eigenvalue weighted by Gasteiger charge is 2.18. The highest BCUT2D eigenvalue weighted by molar-refractivity contribution is 6.10. The van der Waals surface area contributed by atoms with Gasteiger partial charge in [-0.3, -0.25) is 9.78 Å². The topological polar surface area (TPSA) is 56.0 Å². The molecule has 1 aromatic heterocycles. The number of carbonyl (C=O) groups is 1. The lowest BCUT2D eigenvalue weighted by Crippen LogP contribution is -2.33. The number of nitrogens with two attached hydrogens (primary N) is 1. The van der Waals surface area contributed by atoms with Crippen LogP contribution in [0.25, 0.3) is 10.8 Å². The van der Waals surface area contributed by atoms with E-state index < -0.39 is 6.04 Å². The van der Waals surface area contributed by atoms with Crippen molar-refractivity contribution >= 4 is 16.6 Å². The molecule has 0 bridgehead atoms. The van der Waals surface area contributed by atoms with Crippen LogP contribution < -0.4 is 5.73 Å². The molecule has 0 spiro atoms. The molecule has 3 heteroatoms. The molecule has 1 atom stereocenters. The Kier molecular flexibility index (Phi) is 3.75. The number of nitrogens with zero attached hydrogens (tertiary/aromatic N) is 1. The number of ketones is 1. The minimum atomic E-state index is -0.556. The molecule has 2 N–H and O–H groups in total. The van der Waals surface area contributed by atoms with Crippen molar-refractivity contribution in [1.29, 1.82) is 0 Å². The Morgan fingerprint density at radius 3 is 2.52 bits per heavy atom. The second-order valence-electron chi connectivity index (χ2n) is 5.07. The zero-order chi connectivity index (χ0) is 14.7. The van der Waals surface area contributed by atoms with Crippen LogP contribution in [0.5, 0.6) is 0 Å². The number of benzene rings is 2. The van der Waals surface area contributed by atoms with Gasteiger partial charge in [0.25, 0.3) is 0 Å². The van der Waals surface area contributed by atoms with E-state index in [9.17, 15) is 4.79 Å². The predicted molar refractivity (Wildman–Crippen MR) is 84.2 cm³/mol. The molecule has 21 heavy (non-hydrogen) atoms.